The van der Waals surface area contributed by atoms with Crippen LogP contribution < -0.4 is 25.4 Å². The molecule has 9 heteroatoms. The van der Waals surface area contributed by atoms with E-state index < -0.39 is 0 Å². The van der Waals surface area contributed by atoms with Crippen LogP contribution in [0.2, 0.25) is 0 Å². The molecular weight excluding hydrogens is 448 g/mol. The molecule has 0 saturated heterocycles. The topological polar surface area (TPSA) is 109 Å². The highest BCUT2D eigenvalue weighted by Gasteiger charge is 2.15. The molecule has 9 nitrogen and oxygen atoms in total. The van der Waals surface area contributed by atoms with Gasteiger partial charge < -0.3 is 30.3 Å². The standard InChI is InChI=1S/C26H26N4O5/c1-30(2)26(33)18-8-10-19(11-9-18)29-24(31)15-27-21-6-4-3-5-20(21)25(32)28-14-17-7-12-22-23(13-17)35-16-34-22/h3-13,27H,14-16H2,1-2H3,(H,28,32)(H,29,31). The molecule has 180 valence electrons. The molecule has 0 atom stereocenters. The number of anilines is 2. The quantitative estimate of drug-likeness (QED) is 0.463. The van der Waals surface area contributed by atoms with Gasteiger partial charge in [0.15, 0.2) is 11.5 Å². The number of carbonyl (C=O) groups is 3. The summed E-state index contributed by atoms with van der Waals surface area (Å²) in [5.74, 6) is 0.673. The van der Waals surface area contributed by atoms with Gasteiger partial charge in [-0.15, -0.1) is 0 Å². The van der Waals surface area contributed by atoms with Crippen molar-refractivity contribution in [2.24, 2.45) is 0 Å². The highest BCUT2D eigenvalue weighted by Crippen LogP contribution is 2.32. The fraction of sp³-hybridized carbons (Fsp3) is 0.192. The van der Waals surface area contributed by atoms with Crippen molar-refractivity contribution in [2.45, 2.75) is 6.54 Å². The van der Waals surface area contributed by atoms with E-state index in [2.05, 4.69) is 16.0 Å². The largest absolute Gasteiger partial charge is 0.454 e. The van der Waals surface area contributed by atoms with Gasteiger partial charge in [-0.05, 0) is 54.1 Å². The van der Waals surface area contributed by atoms with E-state index in [1.54, 1.807) is 62.6 Å². The molecule has 1 heterocycles. The number of ether oxygens (including phenoxy) is 2. The van der Waals surface area contributed by atoms with Gasteiger partial charge in [0.05, 0.1) is 12.1 Å². The molecule has 3 amide bonds. The molecule has 0 radical (unpaired) electrons. The molecule has 1 aliphatic rings. The number of carbonyl (C=O) groups excluding carboxylic acids is 3. The van der Waals surface area contributed by atoms with Crippen LogP contribution >= 0.6 is 0 Å². The first-order valence-electron chi connectivity index (χ1n) is 11.0. The van der Waals surface area contributed by atoms with Crippen LogP contribution in [0.1, 0.15) is 26.3 Å². The molecule has 0 saturated carbocycles. The Morgan fingerprint density at radius 1 is 0.914 bits per heavy atom. The third-order valence-electron chi connectivity index (χ3n) is 5.32. The summed E-state index contributed by atoms with van der Waals surface area (Å²) < 4.78 is 10.7. The molecule has 35 heavy (non-hydrogen) atoms. The first-order valence-corrected chi connectivity index (χ1v) is 11.0. The molecular formula is C26H26N4O5. The lowest BCUT2D eigenvalue weighted by Crippen LogP contribution is -2.26. The van der Waals surface area contributed by atoms with Crippen molar-refractivity contribution in [3.63, 3.8) is 0 Å². The Hall–Kier alpha value is -4.53. The second-order valence-corrected chi connectivity index (χ2v) is 8.09. The van der Waals surface area contributed by atoms with Crippen LogP contribution in [-0.4, -0.2) is 50.1 Å². The number of para-hydroxylation sites is 1. The average molecular weight is 475 g/mol. The number of rotatable bonds is 8. The molecule has 0 aliphatic carbocycles. The Labute approximate surface area is 203 Å². The molecule has 0 bridgehead atoms. The highest BCUT2D eigenvalue weighted by atomic mass is 16.7. The highest BCUT2D eigenvalue weighted by molar-refractivity contribution is 6.01. The summed E-state index contributed by atoms with van der Waals surface area (Å²) in [5, 5.41) is 8.68. The Morgan fingerprint density at radius 3 is 2.43 bits per heavy atom. The van der Waals surface area contributed by atoms with Gasteiger partial charge in [0.2, 0.25) is 12.7 Å². The van der Waals surface area contributed by atoms with Crippen molar-refractivity contribution in [1.29, 1.82) is 0 Å². The molecule has 3 aromatic rings. The van der Waals surface area contributed by atoms with Crippen LogP contribution in [0.3, 0.4) is 0 Å². The number of amides is 3. The third-order valence-corrected chi connectivity index (χ3v) is 5.32. The smallest absolute Gasteiger partial charge is 0.253 e. The predicted octanol–water partition coefficient (Wildman–Crippen LogP) is 3.10. The zero-order chi connectivity index (χ0) is 24.8. The lowest BCUT2D eigenvalue weighted by atomic mass is 10.1. The Bertz CT molecular complexity index is 1240. The fourth-order valence-corrected chi connectivity index (χ4v) is 3.50. The van der Waals surface area contributed by atoms with Crippen LogP contribution in [0.15, 0.2) is 66.7 Å². The zero-order valence-corrected chi connectivity index (χ0v) is 19.5. The average Bonchev–Trinajstić information content (AvgIpc) is 3.34. The van der Waals surface area contributed by atoms with Crippen molar-refractivity contribution < 1.29 is 23.9 Å². The minimum Gasteiger partial charge on any atom is -0.454 e. The normalized spacial score (nSPS) is 11.5. The summed E-state index contributed by atoms with van der Waals surface area (Å²) in [5.41, 5.74) is 2.95. The zero-order valence-electron chi connectivity index (χ0n) is 19.5. The number of hydrogen-bond donors (Lipinski definition) is 3. The van der Waals surface area contributed by atoms with Crippen molar-refractivity contribution in [2.75, 3.05) is 38.1 Å². The monoisotopic (exact) mass is 474 g/mol. The summed E-state index contributed by atoms with van der Waals surface area (Å²) >= 11 is 0. The number of benzene rings is 3. The second kappa shape index (κ2) is 10.6. The molecule has 4 rings (SSSR count). The van der Waals surface area contributed by atoms with Crippen molar-refractivity contribution in [1.82, 2.24) is 10.2 Å². The maximum Gasteiger partial charge on any atom is 0.253 e. The van der Waals surface area contributed by atoms with E-state index in [1.165, 1.54) is 4.90 Å². The van der Waals surface area contributed by atoms with E-state index in [-0.39, 0.29) is 31.1 Å². The first-order chi connectivity index (χ1) is 16.9. The van der Waals surface area contributed by atoms with Crippen molar-refractivity contribution >= 4 is 29.1 Å². The van der Waals surface area contributed by atoms with Gasteiger partial charge >= 0.3 is 0 Å². The maximum atomic E-state index is 12.8. The third kappa shape index (κ3) is 5.89. The van der Waals surface area contributed by atoms with Crippen LogP contribution in [0, 0.1) is 0 Å². The Balaban J connectivity index is 1.32. The first kappa shape index (κ1) is 23.6. The molecule has 0 fully saturated rings. The summed E-state index contributed by atoms with van der Waals surface area (Å²) in [7, 11) is 3.36. The number of nitrogens with zero attached hydrogens (tertiary/aromatic N) is 1. The predicted molar refractivity (Wildman–Crippen MR) is 132 cm³/mol. The summed E-state index contributed by atoms with van der Waals surface area (Å²) in [6.07, 6.45) is 0. The van der Waals surface area contributed by atoms with Gasteiger partial charge in [0.25, 0.3) is 11.8 Å². The number of hydrogen-bond acceptors (Lipinski definition) is 6. The van der Waals surface area contributed by atoms with E-state index in [0.717, 1.165) is 5.56 Å². The van der Waals surface area contributed by atoms with E-state index in [4.69, 9.17) is 9.47 Å². The van der Waals surface area contributed by atoms with Gasteiger partial charge in [-0.3, -0.25) is 14.4 Å². The summed E-state index contributed by atoms with van der Waals surface area (Å²) in [6.45, 7) is 0.473. The van der Waals surface area contributed by atoms with Crippen molar-refractivity contribution in [3.8, 4) is 11.5 Å². The molecule has 1 aliphatic heterocycles. The van der Waals surface area contributed by atoms with E-state index in [1.807, 2.05) is 18.2 Å². The van der Waals surface area contributed by atoms with E-state index in [9.17, 15) is 14.4 Å². The van der Waals surface area contributed by atoms with Gasteiger partial charge in [-0.25, -0.2) is 0 Å². The fourth-order valence-electron chi connectivity index (χ4n) is 3.50. The van der Waals surface area contributed by atoms with Gasteiger partial charge in [-0.2, -0.15) is 0 Å². The van der Waals surface area contributed by atoms with Crippen LogP contribution in [-0.2, 0) is 11.3 Å². The van der Waals surface area contributed by atoms with E-state index >= 15 is 0 Å². The molecule has 0 spiro atoms. The molecule has 0 unspecified atom stereocenters. The van der Waals surface area contributed by atoms with Gasteiger partial charge in [-0.1, -0.05) is 18.2 Å². The van der Waals surface area contributed by atoms with Crippen LogP contribution in [0.5, 0.6) is 11.5 Å². The van der Waals surface area contributed by atoms with Crippen LogP contribution in [0.25, 0.3) is 0 Å². The SMILES string of the molecule is CN(C)C(=O)c1ccc(NC(=O)CNc2ccccc2C(=O)NCc2ccc3c(c2)OCO3)cc1. The lowest BCUT2D eigenvalue weighted by Gasteiger charge is -2.13. The molecule has 0 aromatic heterocycles. The second-order valence-electron chi connectivity index (χ2n) is 8.09. The lowest BCUT2D eigenvalue weighted by molar-refractivity contribution is -0.114. The Morgan fingerprint density at radius 2 is 1.66 bits per heavy atom. The van der Waals surface area contributed by atoms with E-state index in [0.29, 0.717) is 40.5 Å². The maximum absolute atomic E-state index is 12.8. The summed E-state index contributed by atoms with van der Waals surface area (Å²) in [6, 6.07) is 19.2. The molecule has 3 aromatic carbocycles. The van der Waals surface area contributed by atoms with Crippen molar-refractivity contribution in [3.05, 3.63) is 83.4 Å². The van der Waals surface area contributed by atoms with Gasteiger partial charge in [0.1, 0.15) is 0 Å². The minimum atomic E-state index is -0.285. The molecule has 3 N–H and O–H groups in total. The Kier molecular flexibility index (Phi) is 7.15. The number of fused-ring (bicyclic) bond motifs is 1. The van der Waals surface area contributed by atoms with Gasteiger partial charge in [0, 0.05) is 37.6 Å². The number of nitrogens with one attached hydrogen (secondary N) is 3. The summed E-state index contributed by atoms with van der Waals surface area (Å²) in [4.78, 5) is 38.7. The minimum absolute atomic E-state index is 0.0369. The van der Waals surface area contributed by atoms with Crippen LogP contribution in [0.4, 0.5) is 11.4 Å².